The Balaban J connectivity index is 1.64. The Morgan fingerprint density at radius 3 is 2.77 bits per heavy atom. The first kappa shape index (κ1) is 15.7. The molecule has 22 heavy (non-hydrogen) atoms. The molecule has 0 atom stereocenters. The van der Waals surface area contributed by atoms with Gasteiger partial charge in [0, 0.05) is 5.25 Å². The summed E-state index contributed by atoms with van der Waals surface area (Å²) in [6.07, 6.45) is 2.56. The van der Waals surface area contributed by atoms with Gasteiger partial charge in [-0.25, -0.2) is 4.98 Å². The van der Waals surface area contributed by atoms with Crippen LogP contribution in [-0.2, 0) is 6.61 Å². The second kappa shape index (κ2) is 6.93. The number of nitrogens with zero attached hydrogens (tertiary/aromatic N) is 1. The van der Waals surface area contributed by atoms with Crippen LogP contribution in [0.25, 0.3) is 0 Å². The summed E-state index contributed by atoms with van der Waals surface area (Å²) >= 11 is 8.07. The lowest BCUT2D eigenvalue weighted by Gasteiger charge is -2.10. The van der Waals surface area contributed by atoms with E-state index >= 15 is 0 Å². The van der Waals surface area contributed by atoms with Crippen LogP contribution in [0.4, 0.5) is 0 Å². The molecule has 0 saturated heterocycles. The van der Waals surface area contributed by atoms with Crippen molar-refractivity contribution < 1.29 is 4.74 Å². The maximum atomic E-state index is 6.32. The van der Waals surface area contributed by atoms with E-state index in [1.165, 1.54) is 18.4 Å². The van der Waals surface area contributed by atoms with E-state index in [1.54, 1.807) is 11.8 Å². The summed E-state index contributed by atoms with van der Waals surface area (Å²) < 4.78 is 5.83. The number of halogens is 1. The minimum atomic E-state index is 0.439. The van der Waals surface area contributed by atoms with Gasteiger partial charge in [-0.3, -0.25) is 0 Å². The third-order valence-corrected chi connectivity index (χ3v) is 4.75. The third-order valence-electron chi connectivity index (χ3n) is 3.52. The second-order valence-corrected chi connectivity index (χ2v) is 7.89. The van der Waals surface area contributed by atoms with Crippen molar-refractivity contribution in [2.24, 2.45) is 0 Å². The van der Waals surface area contributed by atoms with Gasteiger partial charge in [0.2, 0.25) is 0 Å². The SMILES string of the molecule is CC(C)Sc1cccc(COc2ccc(C3CC3)cc2Cl)n1. The monoisotopic (exact) mass is 333 g/mol. The van der Waals surface area contributed by atoms with Gasteiger partial charge >= 0.3 is 0 Å². The number of benzene rings is 1. The molecule has 1 aromatic carbocycles. The largest absolute Gasteiger partial charge is 0.486 e. The van der Waals surface area contributed by atoms with Crippen molar-refractivity contribution in [1.29, 1.82) is 0 Å². The zero-order chi connectivity index (χ0) is 15.5. The van der Waals surface area contributed by atoms with E-state index in [-0.39, 0.29) is 0 Å². The molecule has 1 aliphatic rings. The molecule has 1 saturated carbocycles. The van der Waals surface area contributed by atoms with E-state index in [0.29, 0.717) is 22.8 Å². The highest BCUT2D eigenvalue weighted by Crippen LogP contribution is 2.42. The third kappa shape index (κ3) is 4.17. The summed E-state index contributed by atoms with van der Waals surface area (Å²) in [5, 5.41) is 2.25. The summed E-state index contributed by atoms with van der Waals surface area (Å²) in [6.45, 7) is 4.77. The molecule has 0 aliphatic heterocycles. The zero-order valence-electron chi connectivity index (χ0n) is 12.9. The molecular weight excluding hydrogens is 314 g/mol. The van der Waals surface area contributed by atoms with Crippen molar-refractivity contribution >= 4 is 23.4 Å². The molecule has 1 aliphatic carbocycles. The number of rotatable bonds is 6. The molecular formula is C18H20ClNOS. The molecule has 1 fully saturated rings. The number of ether oxygens (including phenoxy) is 1. The number of pyridine rings is 1. The fourth-order valence-corrected chi connectivity index (χ4v) is 3.36. The van der Waals surface area contributed by atoms with Gasteiger partial charge in [0.15, 0.2) is 0 Å². The average Bonchev–Trinajstić information content (AvgIpc) is 3.30. The van der Waals surface area contributed by atoms with E-state index in [9.17, 15) is 0 Å². The molecule has 4 heteroatoms. The molecule has 1 heterocycles. The molecule has 0 spiro atoms. The minimum Gasteiger partial charge on any atom is -0.486 e. The lowest BCUT2D eigenvalue weighted by Crippen LogP contribution is -2.00. The minimum absolute atomic E-state index is 0.439. The molecule has 0 N–H and O–H groups in total. The predicted molar refractivity (Wildman–Crippen MR) is 93.0 cm³/mol. The Bertz CT molecular complexity index is 655. The molecule has 3 rings (SSSR count). The summed E-state index contributed by atoms with van der Waals surface area (Å²) in [5.41, 5.74) is 2.25. The molecule has 2 aromatic rings. The smallest absolute Gasteiger partial charge is 0.138 e. The highest BCUT2D eigenvalue weighted by molar-refractivity contribution is 7.99. The van der Waals surface area contributed by atoms with E-state index < -0.39 is 0 Å². The van der Waals surface area contributed by atoms with Gasteiger partial charge in [-0.15, -0.1) is 11.8 Å². The standard InChI is InChI=1S/C18H20ClNOS/c1-12(2)22-18-5-3-4-15(20-18)11-21-17-9-8-14(10-16(17)19)13-6-7-13/h3-5,8-10,12-13H,6-7,11H2,1-2H3. The first-order valence-corrected chi connectivity index (χ1v) is 8.92. The Labute approximate surface area is 141 Å². The van der Waals surface area contributed by atoms with Gasteiger partial charge in [-0.2, -0.15) is 0 Å². The normalized spacial score (nSPS) is 14.4. The van der Waals surface area contributed by atoms with Gasteiger partial charge in [0.1, 0.15) is 12.4 Å². The van der Waals surface area contributed by atoms with Crippen molar-refractivity contribution in [3.63, 3.8) is 0 Å². The van der Waals surface area contributed by atoms with Crippen LogP contribution in [0, 0.1) is 0 Å². The van der Waals surface area contributed by atoms with Crippen LogP contribution in [0.1, 0.15) is 43.9 Å². The summed E-state index contributed by atoms with van der Waals surface area (Å²) in [4.78, 5) is 4.61. The highest BCUT2D eigenvalue weighted by atomic mass is 35.5. The maximum absolute atomic E-state index is 6.32. The lowest BCUT2D eigenvalue weighted by molar-refractivity contribution is 0.300. The fourth-order valence-electron chi connectivity index (χ4n) is 2.30. The quantitative estimate of drug-likeness (QED) is 0.634. The van der Waals surface area contributed by atoms with Crippen molar-refractivity contribution in [2.45, 2.75) is 49.5 Å². The second-order valence-electron chi connectivity index (χ2n) is 5.89. The Morgan fingerprint density at radius 1 is 1.27 bits per heavy atom. The maximum Gasteiger partial charge on any atom is 0.138 e. The predicted octanol–water partition coefficient (Wildman–Crippen LogP) is 5.69. The van der Waals surface area contributed by atoms with Gasteiger partial charge < -0.3 is 4.74 Å². The fraction of sp³-hybridized carbons (Fsp3) is 0.389. The van der Waals surface area contributed by atoms with E-state index in [0.717, 1.165) is 16.5 Å². The van der Waals surface area contributed by atoms with E-state index in [4.69, 9.17) is 16.3 Å². The van der Waals surface area contributed by atoms with Gasteiger partial charge in [0.05, 0.1) is 15.7 Å². The number of aromatic nitrogens is 1. The Morgan fingerprint density at radius 2 is 2.09 bits per heavy atom. The first-order valence-electron chi connectivity index (χ1n) is 7.66. The van der Waals surface area contributed by atoms with Gasteiger partial charge in [0.25, 0.3) is 0 Å². The highest BCUT2D eigenvalue weighted by Gasteiger charge is 2.24. The zero-order valence-corrected chi connectivity index (χ0v) is 14.5. The van der Waals surface area contributed by atoms with E-state index in [1.807, 2.05) is 30.3 Å². The summed E-state index contributed by atoms with van der Waals surface area (Å²) in [5.74, 6) is 1.44. The van der Waals surface area contributed by atoms with Gasteiger partial charge in [-0.05, 0) is 48.6 Å². The summed E-state index contributed by atoms with van der Waals surface area (Å²) in [6, 6.07) is 12.2. The van der Waals surface area contributed by atoms with Crippen molar-refractivity contribution in [3.05, 3.63) is 52.7 Å². The molecule has 116 valence electrons. The van der Waals surface area contributed by atoms with E-state index in [2.05, 4.69) is 24.9 Å². The molecule has 0 unspecified atom stereocenters. The van der Waals surface area contributed by atoms with Crippen LogP contribution in [0.5, 0.6) is 5.75 Å². The van der Waals surface area contributed by atoms with Gasteiger partial charge in [-0.1, -0.05) is 37.6 Å². The number of hydrogen-bond donors (Lipinski definition) is 0. The van der Waals surface area contributed by atoms with Crippen LogP contribution in [-0.4, -0.2) is 10.2 Å². The number of thioether (sulfide) groups is 1. The molecule has 0 radical (unpaired) electrons. The van der Waals surface area contributed by atoms with Crippen LogP contribution in [0.2, 0.25) is 5.02 Å². The Kier molecular flexibility index (Phi) is 4.94. The molecule has 1 aromatic heterocycles. The molecule has 0 amide bonds. The van der Waals surface area contributed by atoms with Crippen molar-refractivity contribution in [3.8, 4) is 5.75 Å². The topological polar surface area (TPSA) is 22.1 Å². The first-order chi connectivity index (χ1) is 10.6. The number of hydrogen-bond acceptors (Lipinski definition) is 3. The van der Waals surface area contributed by atoms with Crippen LogP contribution < -0.4 is 4.74 Å². The van der Waals surface area contributed by atoms with Crippen LogP contribution in [0.15, 0.2) is 41.4 Å². The summed E-state index contributed by atoms with van der Waals surface area (Å²) in [7, 11) is 0. The van der Waals surface area contributed by atoms with Crippen LogP contribution >= 0.6 is 23.4 Å². The van der Waals surface area contributed by atoms with Crippen LogP contribution in [0.3, 0.4) is 0 Å². The Hall–Kier alpha value is -1.19. The average molecular weight is 334 g/mol. The van der Waals surface area contributed by atoms with Crippen molar-refractivity contribution in [1.82, 2.24) is 4.98 Å². The molecule has 0 bridgehead atoms. The molecule has 2 nitrogen and oxygen atoms in total. The van der Waals surface area contributed by atoms with Crippen molar-refractivity contribution in [2.75, 3.05) is 0 Å². The lowest BCUT2D eigenvalue weighted by atomic mass is 10.1.